The van der Waals surface area contributed by atoms with Crippen LogP contribution in [0, 0.1) is 5.41 Å². The average molecular weight is 444 g/mol. The topological polar surface area (TPSA) is 256 Å². The summed E-state index contributed by atoms with van der Waals surface area (Å²) in [7, 11) is 0. The van der Waals surface area contributed by atoms with E-state index in [1.807, 2.05) is 0 Å². The van der Waals surface area contributed by atoms with E-state index in [0.717, 1.165) is 0 Å². The summed E-state index contributed by atoms with van der Waals surface area (Å²) in [6.07, 6.45) is 0.0892. The standard InChI is InChI=1S/C17H32N8O6/c1-8(18)13(27)24-10(4-3-7-22-17(20)21)15(29)23-9(2)14(28)25-11(16(30)31)5-6-12(19)26/h8-11H,3-7,18H2,1-2H3,(H2,19,26)(H,23,29)(H,24,27)(H,25,28)(H,30,31)(H4,20,21,22)/t8-,9-,10-,11-/m0/s1. The number of carbonyl (C=O) groups is 5. The first-order chi connectivity index (χ1) is 14.3. The Bertz CT molecular complexity index is 684. The monoisotopic (exact) mass is 444 g/mol. The van der Waals surface area contributed by atoms with Crippen LogP contribution in [0.15, 0.2) is 0 Å². The number of hydrogen-bond acceptors (Lipinski definition) is 7. The molecule has 0 fully saturated rings. The third-order valence-electron chi connectivity index (χ3n) is 4.08. The molecule has 0 aliphatic heterocycles. The molecular formula is C17H32N8O6. The number of carboxylic acid groups (broad SMARTS) is 1. The van der Waals surface area contributed by atoms with Crippen LogP contribution in [-0.2, 0) is 24.0 Å². The number of carboxylic acids is 1. The van der Waals surface area contributed by atoms with Crippen LogP contribution in [0.25, 0.3) is 0 Å². The average Bonchev–Trinajstić information content (AvgIpc) is 2.65. The van der Waals surface area contributed by atoms with Gasteiger partial charge in [0.1, 0.15) is 18.1 Å². The lowest BCUT2D eigenvalue weighted by molar-refractivity contribution is -0.142. The lowest BCUT2D eigenvalue weighted by Crippen LogP contribution is -2.56. The molecule has 0 aromatic heterocycles. The fourth-order valence-electron chi connectivity index (χ4n) is 2.32. The molecule has 0 aliphatic rings. The second-order valence-corrected chi connectivity index (χ2v) is 6.97. The highest BCUT2D eigenvalue weighted by molar-refractivity contribution is 5.93. The van der Waals surface area contributed by atoms with Crippen LogP contribution < -0.4 is 38.5 Å². The number of amides is 4. The van der Waals surface area contributed by atoms with Crippen LogP contribution >= 0.6 is 0 Å². The molecule has 0 radical (unpaired) electrons. The first-order valence-corrected chi connectivity index (χ1v) is 9.60. The van der Waals surface area contributed by atoms with Crippen molar-refractivity contribution >= 4 is 35.6 Å². The van der Waals surface area contributed by atoms with Crippen molar-refractivity contribution in [2.45, 2.75) is 63.7 Å². The molecule has 0 aromatic carbocycles. The van der Waals surface area contributed by atoms with Crippen molar-refractivity contribution in [2.75, 3.05) is 6.54 Å². The molecule has 0 spiro atoms. The Balaban J connectivity index is 4.98. The molecule has 176 valence electrons. The maximum atomic E-state index is 12.6. The molecule has 0 rings (SSSR count). The van der Waals surface area contributed by atoms with E-state index in [1.54, 1.807) is 0 Å². The lowest BCUT2D eigenvalue weighted by atomic mass is 10.1. The smallest absolute Gasteiger partial charge is 0.326 e. The van der Waals surface area contributed by atoms with E-state index in [9.17, 15) is 24.0 Å². The normalized spacial score (nSPS) is 14.3. The van der Waals surface area contributed by atoms with Gasteiger partial charge in [-0.05, 0) is 33.1 Å². The predicted molar refractivity (Wildman–Crippen MR) is 110 cm³/mol. The SMILES string of the molecule is C[C@H](N)C(=O)N[C@@H](CCCNC(=N)N)C(=O)N[C@@H](C)C(=O)N[C@@H](CCC(N)=O)C(=O)O. The van der Waals surface area contributed by atoms with Crippen molar-refractivity contribution in [3.63, 3.8) is 0 Å². The molecule has 0 saturated heterocycles. The number of hydrogen-bond donors (Lipinski definition) is 9. The molecule has 14 nitrogen and oxygen atoms in total. The summed E-state index contributed by atoms with van der Waals surface area (Å²) >= 11 is 0. The highest BCUT2D eigenvalue weighted by atomic mass is 16.4. The van der Waals surface area contributed by atoms with Crippen LogP contribution in [-0.4, -0.2) is 71.4 Å². The van der Waals surface area contributed by atoms with Gasteiger partial charge in [-0.25, -0.2) is 4.79 Å². The number of nitrogens with two attached hydrogens (primary N) is 3. The summed E-state index contributed by atoms with van der Waals surface area (Å²) in [5, 5.41) is 25.9. The van der Waals surface area contributed by atoms with Gasteiger partial charge in [0.2, 0.25) is 23.6 Å². The van der Waals surface area contributed by atoms with Crippen LogP contribution in [0.4, 0.5) is 0 Å². The zero-order valence-corrected chi connectivity index (χ0v) is 17.6. The van der Waals surface area contributed by atoms with Gasteiger partial charge in [0.25, 0.3) is 0 Å². The van der Waals surface area contributed by atoms with Crippen molar-refractivity contribution in [2.24, 2.45) is 17.2 Å². The number of rotatable bonds is 14. The Morgan fingerprint density at radius 3 is 1.97 bits per heavy atom. The summed E-state index contributed by atoms with van der Waals surface area (Å²) in [6, 6.07) is -4.38. The van der Waals surface area contributed by atoms with Gasteiger partial charge in [0.15, 0.2) is 5.96 Å². The summed E-state index contributed by atoms with van der Waals surface area (Å²) < 4.78 is 0. The first-order valence-electron chi connectivity index (χ1n) is 9.60. The minimum Gasteiger partial charge on any atom is -0.480 e. The van der Waals surface area contributed by atoms with E-state index in [0.29, 0.717) is 6.42 Å². The second kappa shape index (κ2) is 13.7. The zero-order chi connectivity index (χ0) is 24.1. The largest absolute Gasteiger partial charge is 0.480 e. The highest BCUT2D eigenvalue weighted by Crippen LogP contribution is 2.01. The lowest BCUT2D eigenvalue weighted by Gasteiger charge is -2.23. The number of nitrogens with one attached hydrogen (secondary N) is 5. The number of carbonyl (C=O) groups excluding carboxylic acids is 4. The van der Waals surface area contributed by atoms with Crippen molar-refractivity contribution in [3.05, 3.63) is 0 Å². The highest BCUT2D eigenvalue weighted by Gasteiger charge is 2.27. The third kappa shape index (κ3) is 12.0. The van der Waals surface area contributed by atoms with Crippen LogP contribution in [0.3, 0.4) is 0 Å². The maximum absolute atomic E-state index is 12.6. The fraction of sp³-hybridized carbons (Fsp3) is 0.647. The number of guanidine groups is 1. The van der Waals surface area contributed by atoms with Gasteiger partial charge in [0.05, 0.1) is 6.04 Å². The number of primary amides is 1. The molecule has 31 heavy (non-hydrogen) atoms. The van der Waals surface area contributed by atoms with Gasteiger partial charge in [0, 0.05) is 13.0 Å². The van der Waals surface area contributed by atoms with E-state index in [-0.39, 0.29) is 31.8 Å². The molecule has 12 N–H and O–H groups in total. The molecular weight excluding hydrogens is 412 g/mol. The van der Waals surface area contributed by atoms with Gasteiger partial charge >= 0.3 is 5.97 Å². The first kappa shape index (κ1) is 27.6. The third-order valence-corrected chi connectivity index (χ3v) is 4.08. The van der Waals surface area contributed by atoms with Crippen molar-refractivity contribution in [1.29, 1.82) is 5.41 Å². The molecule has 0 unspecified atom stereocenters. The Morgan fingerprint density at radius 1 is 0.903 bits per heavy atom. The fourth-order valence-corrected chi connectivity index (χ4v) is 2.32. The Labute approximate surface area is 179 Å². The molecule has 0 heterocycles. The Morgan fingerprint density at radius 2 is 1.48 bits per heavy atom. The minimum atomic E-state index is -1.36. The number of aliphatic carboxylic acids is 1. The van der Waals surface area contributed by atoms with E-state index < -0.39 is 53.8 Å². The van der Waals surface area contributed by atoms with Crippen LogP contribution in [0.1, 0.15) is 39.5 Å². The van der Waals surface area contributed by atoms with Crippen molar-refractivity contribution in [1.82, 2.24) is 21.3 Å². The quantitative estimate of drug-likeness (QED) is 0.0727. The van der Waals surface area contributed by atoms with Crippen molar-refractivity contribution in [3.8, 4) is 0 Å². The van der Waals surface area contributed by atoms with E-state index in [4.69, 9.17) is 27.7 Å². The summed E-state index contributed by atoms with van der Waals surface area (Å²) in [6.45, 7) is 3.06. The molecule has 0 saturated carbocycles. The molecule has 14 heteroatoms. The summed E-state index contributed by atoms with van der Waals surface area (Å²) in [5.74, 6) is -4.35. The molecule has 0 aromatic rings. The van der Waals surface area contributed by atoms with E-state index in [2.05, 4.69) is 21.3 Å². The van der Waals surface area contributed by atoms with E-state index >= 15 is 0 Å². The molecule has 0 bridgehead atoms. The molecule has 4 amide bonds. The maximum Gasteiger partial charge on any atom is 0.326 e. The minimum absolute atomic E-state index is 0.162. The summed E-state index contributed by atoms with van der Waals surface area (Å²) in [4.78, 5) is 58.8. The van der Waals surface area contributed by atoms with Gasteiger partial charge < -0.3 is 43.6 Å². The molecule has 0 aliphatic carbocycles. The predicted octanol–water partition coefficient (Wildman–Crippen LogP) is -3.58. The Kier molecular flexibility index (Phi) is 12.2. The van der Waals surface area contributed by atoms with Crippen LogP contribution in [0.5, 0.6) is 0 Å². The van der Waals surface area contributed by atoms with Crippen molar-refractivity contribution < 1.29 is 29.1 Å². The van der Waals surface area contributed by atoms with Gasteiger partial charge in [-0.1, -0.05) is 0 Å². The van der Waals surface area contributed by atoms with Gasteiger partial charge in [-0.2, -0.15) is 0 Å². The molecule has 4 atom stereocenters. The summed E-state index contributed by atoms with van der Waals surface area (Å²) in [5.41, 5.74) is 15.7. The zero-order valence-electron chi connectivity index (χ0n) is 17.6. The Hall–Kier alpha value is -3.42. The van der Waals surface area contributed by atoms with Crippen LogP contribution in [0.2, 0.25) is 0 Å². The second-order valence-electron chi connectivity index (χ2n) is 6.97. The van der Waals surface area contributed by atoms with E-state index in [1.165, 1.54) is 13.8 Å². The van der Waals surface area contributed by atoms with Gasteiger partial charge in [-0.3, -0.25) is 24.6 Å². The van der Waals surface area contributed by atoms with Gasteiger partial charge in [-0.15, -0.1) is 0 Å².